The van der Waals surface area contributed by atoms with Crippen LogP contribution in [0.5, 0.6) is 0 Å². The number of nitrogens with two attached hydrogens (primary N) is 1. The molecule has 0 aromatic carbocycles. The fourth-order valence-corrected chi connectivity index (χ4v) is 2.63. The molecule has 84 valence electrons. The largest absolute Gasteiger partial charge is 0.382 e. The molecule has 6 heteroatoms. The maximum absolute atomic E-state index is 5.53. The van der Waals surface area contributed by atoms with E-state index in [4.69, 9.17) is 5.73 Å². The zero-order valence-electron chi connectivity index (χ0n) is 8.51. The second-order valence-corrected chi connectivity index (χ2v) is 5.08. The van der Waals surface area contributed by atoms with Crippen molar-refractivity contribution in [3.63, 3.8) is 0 Å². The second kappa shape index (κ2) is 5.36. The normalized spacial score (nSPS) is 10.6. The van der Waals surface area contributed by atoms with Crippen molar-refractivity contribution in [2.75, 3.05) is 11.5 Å². The van der Waals surface area contributed by atoms with Crippen LogP contribution in [0, 0.1) is 0 Å². The van der Waals surface area contributed by atoms with E-state index in [1.54, 1.807) is 24.0 Å². The third kappa shape index (κ3) is 2.99. The molecular formula is C10H11BrN4S. The number of nitrogens with zero attached hydrogens (tertiary/aromatic N) is 3. The lowest BCUT2D eigenvalue weighted by molar-refractivity contribution is 0.669. The number of anilines is 1. The Hall–Kier alpha value is -1.01. The van der Waals surface area contributed by atoms with Gasteiger partial charge in [0.2, 0.25) is 0 Å². The number of hydrogen-bond donors (Lipinski definition) is 1. The molecule has 0 atom stereocenters. The van der Waals surface area contributed by atoms with Gasteiger partial charge in [-0.15, -0.1) is 11.8 Å². The van der Waals surface area contributed by atoms with Crippen LogP contribution in [0.2, 0.25) is 0 Å². The van der Waals surface area contributed by atoms with E-state index in [1.807, 2.05) is 23.0 Å². The zero-order valence-corrected chi connectivity index (χ0v) is 10.9. The minimum Gasteiger partial charge on any atom is -0.382 e. The zero-order chi connectivity index (χ0) is 11.4. The molecule has 2 N–H and O–H groups in total. The molecule has 0 aliphatic carbocycles. The molecule has 0 spiro atoms. The van der Waals surface area contributed by atoms with Crippen LogP contribution < -0.4 is 5.73 Å². The summed E-state index contributed by atoms with van der Waals surface area (Å²) >= 11 is 5.15. The molecule has 0 aliphatic heterocycles. The molecule has 2 heterocycles. The van der Waals surface area contributed by atoms with E-state index >= 15 is 0 Å². The number of pyridine rings is 1. The Morgan fingerprint density at radius 3 is 3.00 bits per heavy atom. The molecule has 0 saturated heterocycles. The Balaban J connectivity index is 1.87. The van der Waals surface area contributed by atoms with Crippen molar-refractivity contribution < 1.29 is 0 Å². The molecule has 0 amide bonds. The van der Waals surface area contributed by atoms with Crippen LogP contribution >= 0.6 is 27.7 Å². The van der Waals surface area contributed by atoms with E-state index in [1.165, 1.54) is 0 Å². The molecular weight excluding hydrogens is 288 g/mol. The van der Waals surface area contributed by atoms with Gasteiger partial charge in [0.15, 0.2) is 0 Å². The van der Waals surface area contributed by atoms with E-state index < -0.39 is 0 Å². The number of nitrogen functional groups attached to an aromatic ring is 1. The first-order valence-corrected chi connectivity index (χ1v) is 6.56. The first-order valence-electron chi connectivity index (χ1n) is 4.78. The van der Waals surface area contributed by atoms with Gasteiger partial charge in [-0.25, -0.2) is 4.98 Å². The number of rotatable bonds is 4. The Bertz CT molecular complexity index is 471. The van der Waals surface area contributed by atoms with Crippen molar-refractivity contribution in [3.8, 4) is 0 Å². The number of aryl methyl sites for hydroxylation is 1. The molecule has 16 heavy (non-hydrogen) atoms. The van der Waals surface area contributed by atoms with Crippen LogP contribution in [0.3, 0.4) is 0 Å². The summed E-state index contributed by atoms with van der Waals surface area (Å²) in [6.45, 7) is 0.824. The Labute approximate surface area is 106 Å². The molecule has 0 fully saturated rings. The number of halogens is 1. The maximum Gasteiger partial charge on any atom is 0.145 e. The smallest absolute Gasteiger partial charge is 0.145 e. The van der Waals surface area contributed by atoms with Gasteiger partial charge >= 0.3 is 0 Å². The fraction of sp³-hybridized carbons (Fsp3) is 0.200. The average molecular weight is 299 g/mol. The predicted octanol–water partition coefficient (Wildman–Crippen LogP) is 2.42. The van der Waals surface area contributed by atoms with Gasteiger partial charge in [0.05, 0.1) is 6.54 Å². The lowest BCUT2D eigenvalue weighted by atomic mass is 10.5. The molecule has 0 saturated carbocycles. The lowest BCUT2D eigenvalue weighted by Crippen LogP contribution is -2.02. The van der Waals surface area contributed by atoms with Gasteiger partial charge in [-0.05, 0) is 34.1 Å². The molecule has 4 nitrogen and oxygen atoms in total. The van der Waals surface area contributed by atoms with E-state index in [2.05, 4.69) is 26.0 Å². The van der Waals surface area contributed by atoms with Crippen molar-refractivity contribution in [1.29, 1.82) is 0 Å². The van der Waals surface area contributed by atoms with Gasteiger partial charge in [0.1, 0.15) is 10.8 Å². The summed E-state index contributed by atoms with van der Waals surface area (Å²) < 4.78 is 2.86. The third-order valence-corrected chi connectivity index (χ3v) is 3.83. The van der Waals surface area contributed by atoms with Gasteiger partial charge in [0.25, 0.3) is 0 Å². The minimum atomic E-state index is 0.559. The van der Waals surface area contributed by atoms with Crippen LogP contribution in [-0.4, -0.2) is 20.5 Å². The van der Waals surface area contributed by atoms with Gasteiger partial charge in [0, 0.05) is 22.6 Å². The van der Waals surface area contributed by atoms with Crippen LogP contribution in [0.1, 0.15) is 0 Å². The predicted molar refractivity (Wildman–Crippen MR) is 69.3 cm³/mol. The Kier molecular flexibility index (Phi) is 3.84. The molecule has 0 aliphatic rings. The van der Waals surface area contributed by atoms with Crippen LogP contribution in [-0.2, 0) is 6.54 Å². The molecule has 0 bridgehead atoms. The van der Waals surface area contributed by atoms with E-state index in [9.17, 15) is 0 Å². The maximum atomic E-state index is 5.53. The molecule has 2 rings (SSSR count). The van der Waals surface area contributed by atoms with Crippen molar-refractivity contribution >= 4 is 33.5 Å². The van der Waals surface area contributed by atoms with E-state index in [0.717, 1.165) is 21.8 Å². The highest BCUT2D eigenvalue weighted by Gasteiger charge is 2.01. The highest BCUT2D eigenvalue weighted by molar-refractivity contribution is 9.10. The topological polar surface area (TPSA) is 56.7 Å². The summed E-state index contributed by atoms with van der Waals surface area (Å²) in [4.78, 5) is 4.28. The number of aromatic nitrogens is 3. The van der Waals surface area contributed by atoms with Crippen LogP contribution in [0.25, 0.3) is 0 Å². The SMILES string of the molecule is Nc1ccn(CCSc2ncccc2Br)n1. The summed E-state index contributed by atoms with van der Waals surface area (Å²) in [6, 6.07) is 5.69. The Morgan fingerprint density at radius 2 is 2.31 bits per heavy atom. The Morgan fingerprint density at radius 1 is 1.44 bits per heavy atom. The lowest BCUT2D eigenvalue weighted by Gasteiger charge is -2.03. The highest BCUT2D eigenvalue weighted by Crippen LogP contribution is 2.24. The first kappa shape index (κ1) is 11.5. The quantitative estimate of drug-likeness (QED) is 0.881. The molecule has 0 unspecified atom stereocenters. The summed E-state index contributed by atoms with van der Waals surface area (Å²) in [5.74, 6) is 1.47. The molecule has 2 aromatic heterocycles. The van der Waals surface area contributed by atoms with E-state index in [-0.39, 0.29) is 0 Å². The van der Waals surface area contributed by atoms with Gasteiger partial charge in [-0.2, -0.15) is 5.10 Å². The van der Waals surface area contributed by atoms with Crippen molar-refractivity contribution in [2.45, 2.75) is 11.6 Å². The summed E-state index contributed by atoms with van der Waals surface area (Å²) in [7, 11) is 0. The monoisotopic (exact) mass is 298 g/mol. The summed E-state index contributed by atoms with van der Waals surface area (Å²) in [5.41, 5.74) is 5.53. The third-order valence-electron chi connectivity index (χ3n) is 1.95. The average Bonchev–Trinajstić information content (AvgIpc) is 2.67. The molecule has 0 radical (unpaired) electrons. The summed E-state index contributed by atoms with van der Waals surface area (Å²) in [6.07, 6.45) is 3.67. The summed E-state index contributed by atoms with van der Waals surface area (Å²) in [5, 5.41) is 5.12. The second-order valence-electron chi connectivity index (χ2n) is 3.14. The minimum absolute atomic E-state index is 0.559. The van der Waals surface area contributed by atoms with Gasteiger partial charge in [-0.3, -0.25) is 4.68 Å². The van der Waals surface area contributed by atoms with Crippen molar-refractivity contribution in [1.82, 2.24) is 14.8 Å². The molecule has 2 aromatic rings. The van der Waals surface area contributed by atoms with Crippen LogP contribution in [0.15, 0.2) is 40.1 Å². The van der Waals surface area contributed by atoms with Crippen LogP contribution in [0.4, 0.5) is 5.82 Å². The highest BCUT2D eigenvalue weighted by atomic mass is 79.9. The fourth-order valence-electron chi connectivity index (χ4n) is 1.22. The van der Waals surface area contributed by atoms with Crippen molar-refractivity contribution in [3.05, 3.63) is 35.1 Å². The van der Waals surface area contributed by atoms with Crippen molar-refractivity contribution in [2.24, 2.45) is 0 Å². The number of hydrogen-bond acceptors (Lipinski definition) is 4. The standard InChI is InChI=1S/C10H11BrN4S/c11-8-2-1-4-13-10(8)16-7-6-15-5-3-9(12)14-15/h1-5H,6-7H2,(H2,12,14). The van der Waals surface area contributed by atoms with Gasteiger partial charge < -0.3 is 5.73 Å². The van der Waals surface area contributed by atoms with Gasteiger partial charge in [-0.1, -0.05) is 0 Å². The van der Waals surface area contributed by atoms with E-state index in [0.29, 0.717) is 5.82 Å². The first-order chi connectivity index (χ1) is 7.75. The number of thioether (sulfide) groups is 1.